The fourth-order valence-electron chi connectivity index (χ4n) is 5.58. The molecule has 1 saturated heterocycles. The molecule has 2 aromatic carbocycles. The molecule has 6 rings (SSSR count). The number of likely N-dealkylation sites (tertiary alicyclic amines) is 1. The quantitative estimate of drug-likeness (QED) is 0.269. The van der Waals surface area contributed by atoms with Crippen molar-refractivity contribution in [3.05, 3.63) is 106 Å². The number of hydrogen-bond acceptors (Lipinski definition) is 6. The first-order valence-corrected chi connectivity index (χ1v) is 13.8. The molecule has 0 saturated carbocycles. The van der Waals surface area contributed by atoms with Crippen LogP contribution >= 0.6 is 11.6 Å². The zero-order valence-corrected chi connectivity index (χ0v) is 22.6. The van der Waals surface area contributed by atoms with Gasteiger partial charge in [-0.2, -0.15) is 0 Å². The number of fused-ring (bicyclic) bond motifs is 2. The van der Waals surface area contributed by atoms with Crippen LogP contribution in [0.3, 0.4) is 0 Å². The SMILES string of the molecule is O=C(O)c1ccc(-c2cccc3c2CC(=CCCN2CCC(O)(c4ccc(Cl)cc4)CC2)c2cccnc2O3)o1. The second-order valence-corrected chi connectivity index (χ2v) is 10.7. The molecule has 7 nitrogen and oxygen atoms in total. The highest BCUT2D eigenvalue weighted by molar-refractivity contribution is 6.30. The van der Waals surface area contributed by atoms with Gasteiger partial charge in [-0.05, 0) is 72.9 Å². The standard InChI is InChI=1S/C32H29ClN2O5/c33-23-10-8-22(9-11-23)32(38)14-18-35(19-15-32)17-3-4-21-20-26-25(28-12-13-29(39-28)31(36)37)5-1-7-27(26)40-30-24(21)6-2-16-34-30/h1-2,4-13,16,38H,3,14-15,17-20H2,(H,36,37). The fraction of sp³-hybridized carbons (Fsp3) is 0.250. The van der Waals surface area contributed by atoms with Crippen LogP contribution < -0.4 is 4.74 Å². The summed E-state index contributed by atoms with van der Waals surface area (Å²) in [5, 5.41) is 21.2. The van der Waals surface area contributed by atoms with E-state index >= 15 is 0 Å². The minimum Gasteiger partial charge on any atom is -0.475 e. The van der Waals surface area contributed by atoms with Crippen LogP contribution in [0.2, 0.25) is 5.02 Å². The first-order valence-electron chi connectivity index (χ1n) is 13.4. The molecule has 2 N–H and O–H groups in total. The monoisotopic (exact) mass is 556 g/mol. The summed E-state index contributed by atoms with van der Waals surface area (Å²) in [6.45, 7) is 2.48. The number of hydrogen-bond donors (Lipinski definition) is 2. The van der Waals surface area contributed by atoms with Crippen molar-refractivity contribution in [2.24, 2.45) is 0 Å². The molecule has 40 heavy (non-hydrogen) atoms. The number of aliphatic hydroxyl groups is 1. The largest absolute Gasteiger partial charge is 0.475 e. The number of piperidine rings is 1. The summed E-state index contributed by atoms with van der Waals surface area (Å²) in [6, 6.07) is 20.3. The van der Waals surface area contributed by atoms with E-state index in [4.69, 9.17) is 20.8 Å². The van der Waals surface area contributed by atoms with Gasteiger partial charge in [-0.3, -0.25) is 0 Å². The number of halogens is 1. The van der Waals surface area contributed by atoms with Crippen LogP contribution in [0.4, 0.5) is 0 Å². The van der Waals surface area contributed by atoms with Crippen molar-refractivity contribution in [1.82, 2.24) is 9.88 Å². The minimum absolute atomic E-state index is 0.104. The summed E-state index contributed by atoms with van der Waals surface area (Å²) in [5.41, 5.74) is 3.84. The number of aromatic carboxylic acids is 1. The van der Waals surface area contributed by atoms with E-state index in [-0.39, 0.29) is 5.76 Å². The highest BCUT2D eigenvalue weighted by Crippen LogP contribution is 2.42. The van der Waals surface area contributed by atoms with Crippen LogP contribution in [0.25, 0.3) is 16.9 Å². The number of aromatic nitrogens is 1. The molecule has 0 radical (unpaired) electrons. The van der Waals surface area contributed by atoms with Gasteiger partial charge in [0, 0.05) is 54.0 Å². The Bertz CT molecular complexity index is 1570. The summed E-state index contributed by atoms with van der Waals surface area (Å²) in [4.78, 5) is 18.3. The van der Waals surface area contributed by atoms with Crippen LogP contribution in [0.1, 0.15) is 46.5 Å². The van der Waals surface area contributed by atoms with E-state index in [1.807, 2.05) is 54.6 Å². The zero-order chi connectivity index (χ0) is 27.7. The topological polar surface area (TPSA) is 96.0 Å². The van der Waals surface area contributed by atoms with E-state index < -0.39 is 11.6 Å². The maximum Gasteiger partial charge on any atom is 0.371 e. The molecule has 4 aromatic rings. The van der Waals surface area contributed by atoms with Crippen LogP contribution in [0.5, 0.6) is 11.6 Å². The Morgan fingerprint density at radius 2 is 1.80 bits per heavy atom. The van der Waals surface area contributed by atoms with Crippen molar-refractivity contribution < 1.29 is 24.2 Å². The molecule has 0 amide bonds. The van der Waals surface area contributed by atoms with Crippen molar-refractivity contribution in [3.63, 3.8) is 0 Å². The summed E-state index contributed by atoms with van der Waals surface area (Å²) in [5.74, 6) is 0.490. The average Bonchev–Trinajstić information content (AvgIpc) is 3.39. The van der Waals surface area contributed by atoms with E-state index in [0.717, 1.165) is 53.9 Å². The zero-order valence-electron chi connectivity index (χ0n) is 21.8. The Morgan fingerprint density at radius 1 is 1.02 bits per heavy atom. The number of benzene rings is 2. The third-order valence-electron chi connectivity index (χ3n) is 7.81. The Morgan fingerprint density at radius 3 is 2.55 bits per heavy atom. The number of rotatable bonds is 6. The maximum absolute atomic E-state index is 11.4. The second kappa shape index (κ2) is 10.9. The van der Waals surface area contributed by atoms with Crippen molar-refractivity contribution in [2.75, 3.05) is 19.6 Å². The summed E-state index contributed by atoms with van der Waals surface area (Å²) < 4.78 is 11.9. The molecule has 0 atom stereocenters. The first-order chi connectivity index (χ1) is 19.4. The number of nitrogens with zero attached hydrogens (tertiary/aromatic N) is 2. The Kier molecular flexibility index (Phi) is 7.19. The highest BCUT2D eigenvalue weighted by Gasteiger charge is 2.33. The molecule has 4 heterocycles. The number of allylic oxidation sites excluding steroid dienone is 1. The molecule has 0 aliphatic carbocycles. The van der Waals surface area contributed by atoms with Crippen LogP contribution in [0.15, 0.2) is 83.4 Å². The van der Waals surface area contributed by atoms with Crippen molar-refractivity contribution in [3.8, 4) is 23.0 Å². The van der Waals surface area contributed by atoms with Gasteiger partial charge >= 0.3 is 5.97 Å². The van der Waals surface area contributed by atoms with Crippen molar-refractivity contribution in [2.45, 2.75) is 31.3 Å². The Balaban J connectivity index is 1.21. The number of pyridine rings is 1. The predicted octanol–water partition coefficient (Wildman–Crippen LogP) is 6.80. The number of carboxylic acid groups (broad SMARTS) is 1. The van der Waals surface area contributed by atoms with Crippen molar-refractivity contribution in [1.29, 1.82) is 0 Å². The van der Waals surface area contributed by atoms with Gasteiger partial charge in [-0.25, -0.2) is 9.78 Å². The molecule has 2 aromatic heterocycles. The average molecular weight is 557 g/mol. The molecular formula is C32H29ClN2O5. The molecule has 2 aliphatic rings. The van der Waals surface area contributed by atoms with Gasteiger partial charge in [0.05, 0.1) is 5.60 Å². The summed E-state index contributed by atoms with van der Waals surface area (Å²) in [6.07, 6.45) is 6.70. The number of ether oxygens (including phenoxy) is 1. The van der Waals surface area contributed by atoms with E-state index in [9.17, 15) is 15.0 Å². The summed E-state index contributed by atoms with van der Waals surface area (Å²) >= 11 is 6.03. The van der Waals surface area contributed by atoms with Gasteiger partial charge in [-0.1, -0.05) is 41.9 Å². The van der Waals surface area contributed by atoms with Gasteiger partial charge in [0.25, 0.3) is 0 Å². The predicted molar refractivity (Wildman–Crippen MR) is 153 cm³/mol. The van der Waals surface area contributed by atoms with Crippen LogP contribution in [-0.2, 0) is 12.0 Å². The highest BCUT2D eigenvalue weighted by atomic mass is 35.5. The van der Waals surface area contributed by atoms with E-state index in [1.54, 1.807) is 12.3 Å². The third-order valence-corrected chi connectivity index (χ3v) is 8.06. The number of carboxylic acids is 1. The lowest BCUT2D eigenvalue weighted by Crippen LogP contribution is -2.42. The maximum atomic E-state index is 11.4. The number of carbonyl (C=O) groups is 1. The molecular weight excluding hydrogens is 528 g/mol. The summed E-state index contributed by atoms with van der Waals surface area (Å²) in [7, 11) is 0. The fourth-order valence-corrected chi connectivity index (χ4v) is 5.70. The number of furan rings is 1. The third kappa shape index (κ3) is 5.28. The Labute approximate surface area is 237 Å². The van der Waals surface area contributed by atoms with Crippen LogP contribution in [0, 0.1) is 0 Å². The van der Waals surface area contributed by atoms with E-state index in [0.29, 0.717) is 41.7 Å². The molecule has 8 heteroatoms. The lowest BCUT2D eigenvalue weighted by Gasteiger charge is -2.38. The molecule has 0 bridgehead atoms. The smallest absolute Gasteiger partial charge is 0.371 e. The van der Waals surface area contributed by atoms with E-state index in [2.05, 4.69) is 16.0 Å². The van der Waals surface area contributed by atoms with Gasteiger partial charge in [0.1, 0.15) is 11.5 Å². The first kappa shape index (κ1) is 26.3. The lowest BCUT2D eigenvalue weighted by atomic mass is 9.84. The lowest BCUT2D eigenvalue weighted by molar-refractivity contribution is -0.0254. The second-order valence-electron chi connectivity index (χ2n) is 10.3. The van der Waals surface area contributed by atoms with E-state index in [1.165, 1.54) is 6.07 Å². The van der Waals surface area contributed by atoms with Crippen LogP contribution in [-0.4, -0.2) is 45.7 Å². The normalized spacial score (nSPS) is 17.5. The molecule has 2 aliphatic heterocycles. The molecule has 1 fully saturated rings. The minimum atomic E-state index is -1.11. The Hall–Kier alpha value is -3.91. The van der Waals surface area contributed by atoms with Gasteiger partial charge < -0.3 is 24.3 Å². The van der Waals surface area contributed by atoms with Gasteiger partial charge in [0.15, 0.2) is 0 Å². The van der Waals surface area contributed by atoms with Gasteiger partial charge in [0.2, 0.25) is 11.6 Å². The molecule has 0 spiro atoms. The van der Waals surface area contributed by atoms with Crippen molar-refractivity contribution >= 4 is 23.1 Å². The van der Waals surface area contributed by atoms with Gasteiger partial charge in [-0.15, -0.1) is 0 Å². The molecule has 0 unspecified atom stereocenters. The molecule has 204 valence electrons.